The number of aromatic nitrogens is 3. The second-order valence-electron chi connectivity index (χ2n) is 5.53. The second kappa shape index (κ2) is 6.31. The number of anilines is 1. The van der Waals surface area contributed by atoms with Gasteiger partial charge in [0.15, 0.2) is 0 Å². The molecule has 1 N–H and O–H groups in total. The molecule has 0 spiro atoms. The average Bonchev–Trinajstić information content (AvgIpc) is 3.21. The van der Waals surface area contributed by atoms with Crippen molar-refractivity contribution in [1.29, 1.82) is 0 Å². The molecule has 25 heavy (non-hydrogen) atoms. The zero-order valence-electron chi connectivity index (χ0n) is 13.2. The number of benzene rings is 1. The monoisotopic (exact) mass is 368 g/mol. The number of carbonyl (C=O) groups excluding carboxylic acids is 1. The van der Waals surface area contributed by atoms with Crippen molar-refractivity contribution in [3.05, 3.63) is 64.9 Å². The zero-order chi connectivity index (χ0) is 17.4. The van der Waals surface area contributed by atoms with Crippen LogP contribution in [-0.4, -0.2) is 20.4 Å². The molecule has 0 atom stereocenters. The summed E-state index contributed by atoms with van der Waals surface area (Å²) in [6, 6.07) is 10.9. The summed E-state index contributed by atoms with van der Waals surface area (Å²) in [6.07, 6.45) is 3.74. The van der Waals surface area contributed by atoms with E-state index in [1.807, 2.05) is 29.9 Å². The van der Waals surface area contributed by atoms with E-state index >= 15 is 0 Å². The third kappa shape index (κ3) is 3.01. The van der Waals surface area contributed by atoms with Crippen molar-refractivity contribution in [2.45, 2.75) is 0 Å². The van der Waals surface area contributed by atoms with Crippen LogP contribution in [-0.2, 0) is 7.05 Å². The van der Waals surface area contributed by atoms with Gasteiger partial charge in [-0.25, -0.2) is 9.97 Å². The third-order valence-electron chi connectivity index (χ3n) is 3.78. The van der Waals surface area contributed by atoms with E-state index in [-0.39, 0.29) is 5.91 Å². The molecule has 0 unspecified atom stereocenters. The maximum absolute atomic E-state index is 12.4. The van der Waals surface area contributed by atoms with Gasteiger partial charge in [-0.1, -0.05) is 17.7 Å². The number of aryl methyl sites for hydroxylation is 1. The summed E-state index contributed by atoms with van der Waals surface area (Å²) in [7, 11) is 1.94. The summed E-state index contributed by atoms with van der Waals surface area (Å²) in [5.41, 5.74) is 2.87. The van der Waals surface area contributed by atoms with Crippen LogP contribution < -0.4 is 5.32 Å². The molecule has 5 nitrogen and oxygen atoms in total. The van der Waals surface area contributed by atoms with Gasteiger partial charge in [-0.2, -0.15) is 0 Å². The van der Waals surface area contributed by atoms with E-state index in [1.54, 1.807) is 35.8 Å². The van der Waals surface area contributed by atoms with Gasteiger partial charge >= 0.3 is 0 Å². The lowest BCUT2D eigenvalue weighted by Gasteiger charge is -2.03. The molecule has 0 saturated heterocycles. The Labute approximate surface area is 152 Å². The van der Waals surface area contributed by atoms with Gasteiger partial charge in [0, 0.05) is 46.5 Å². The molecule has 1 amide bonds. The van der Waals surface area contributed by atoms with Crippen LogP contribution in [0.4, 0.5) is 5.69 Å². The summed E-state index contributed by atoms with van der Waals surface area (Å²) in [5, 5.41) is 6.94. The maximum Gasteiger partial charge on any atom is 0.275 e. The molecule has 0 fully saturated rings. The molecule has 3 heterocycles. The van der Waals surface area contributed by atoms with Crippen LogP contribution in [0.3, 0.4) is 0 Å². The first-order chi connectivity index (χ1) is 12.1. The average molecular weight is 369 g/mol. The molecule has 0 saturated carbocycles. The standard InChI is InChI=1S/C18H13ClN4OS/c1-23-9-14(13-6-3-7-20-16(13)23)18-22-15(10-25-18)17(24)21-12-5-2-4-11(19)8-12/h2-10H,1H3,(H,21,24). The Hall–Kier alpha value is -2.70. The van der Waals surface area contributed by atoms with Gasteiger partial charge in [-0.05, 0) is 30.3 Å². The van der Waals surface area contributed by atoms with E-state index in [1.165, 1.54) is 11.3 Å². The summed E-state index contributed by atoms with van der Waals surface area (Å²) < 4.78 is 1.96. The molecular formula is C18H13ClN4OS. The Balaban J connectivity index is 1.64. The van der Waals surface area contributed by atoms with E-state index < -0.39 is 0 Å². The van der Waals surface area contributed by atoms with Gasteiger partial charge in [0.1, 0.15) is 16.3 Å². The molecule has 1 aromatic carbocycles. The number of halogens is 1. The minimum atomic E-state index is -0.261. The number of nitrogens with one attached hydrogen (secondary N) is 1. The molecule has 0 aliphatic carbocycles. The Morgan fingerprint density at radius 3 is 3.00 bits per heavy atom. The van der Waals surface area contributed by atoms with Gasteiger partial charge in [-0.3, -0.25) is 4.79 Å². The molecule has 124 valence electrons. The van der Waals surface area contributed by atoms with E-state index in [9.17, 15) is 4.79 Å². The molecular weight excluding hydrogens is 356 g/mol. The quantitative estimate of drug-likeness (QED) is 0.574. The topological polar surface area (TPSA) is 59.8 Å². The van der Waals surface area contributed by atoms with Crippen molar-refractivity contribution in [2.24, 2.45) is 7.05 Å². The number of hydrogen-bond acceptors (Lipinski definition) is 4. The van der Waals surface area contributed by atoms with E-state index in [4.69, 9.17) is 11.6 Å². The highest BCUT2D eigenvalue weighted by Crippen LogP contribution is 2.31. The van der Waals surface area contributed by atoms with Crippen LogP contribution >= 0.6 is 22.9 Å². The van der Waals surface area contributed by atoms with E-state index in [0.29, 0.717) is 16.4 Å². The number of amides is 1. The van der Waals surface area contributed by atoms with Gasteiger partial charge in [-0.15, -0.1) is 11.3 Å². The first kappa shape index (κ1) is 15.8. The minimum absolute atomic E-state index is 0.261. The van der Waals surface area contributed by atoms with Crippen molar-refractivity contribution in [3.63, 3.8) is 0 Å². The number of thiazole rings is 1. The highest BCUT2D eigenvalue weighted by Gasteiger charge is 2.16. The fraction of sp³-hybridized carbons (Fsp3) is 0.0556. The van der Waals surface area contributed by atoms with E-state index in [2.05, 4.69) is 15.3 Å². The van der Waals surface area contributed by atoms with Gasteiger partial charge < -0.3 is 9.88 Å². The van der Waals surface area contributed by atoms with Crippen molar-refractivity contribution in [1.82, 2.24) is 14.5 Å². The Morgan fingerprint density at radius 1 is 1.28 bits per heavy atom. The normalized spacial score (nSPS) is 11.0. The van der Waals surface area contributed by atoms with Crippen molar-refractivity contribution >= 4 is 45.6 Å². The van der Waals surface area contributed by atoms with Crippen LogP contribution in [0.1, 0.15) is 10.5 Å². The van der Waals surface area contributed by atoms with Crippen LogP contribution in [0.2, 0.25) is 5.02 Å². The Kier molecular flexibility index (Phi) is 3.99. The summed E-state index contributed by atoms with van der Waals surface area (Å²) in [5.74, 6) is -0.261. The smallest absolute Gasteiger partial charge is 0.275 e. The highest BCUT2D eigenvalue weighted by molar-refractivity contribution is 7.13. The lowest BCUT2D eigenvalue weighted by atomic mass is 10.2. The summed E-state index contributed by atoms with van der Waals surface area (Å²) >= 11 is 7.38. The van der Waals surface area contributed by atoms with E-state index in [0.717, 1.165) is 21.6 Å². The SMILES string of the molecule is Cn1cc(-c2nc(C(=O)Nc3cccc(Cl)c3)cs2)c2cccnc21. The number of fused-ring (bicyclic) bond motifs is 1. The molecule has 7 heteroatoms. The number of hydrogen-bond donors (Lipinski definition) is 1. The lowest BCUT2D eigenvalue weighted by Crippen LogP contribution is -2.12. The molecule has 4 aromatic rings. The number of rotatable bonds is 3. The zero-order valence-corrected chi connectivity index (χ0v) is 14.8. The first-order valence-electron chi connectivity index (χ1n) is 7.55. The number of nitrogens with zero attached hydrogens (tertiary/aromatic N) is 3. The largest absolute Gasteiger partial charge is 0.335 e. The molecule has 0 aliphatic rings. The maximum atomic E-state index is 12.4. The van der Waals surface area contributed by atoms with Crippen molar-refractivity contribution < 1.29 is 4.79 Å². The van der Waals surface area contributed by atoms with Gasteiger partial charge in [0.2, 0.25) is 0 Å². The first-order valence-corrected chi connectivity index (χ1v) is 8.80. The molecule has 0 aliphatic heterocycles. The predicted molar refractivity (Wildman–Crippen MR) is 101 cm³/mol. The number of pyridine rings is 1. The Morgan fingerprint density at radius 2 is 2.16 bits per heavy atom. The predicted octanol–water partition coefficient (Wildman–Crippen LogP) is 4.60. The van der Waals surface area contributed by atoms with Crippen molar-refractivity contribution in [2.75, 3.05) is 5.32 Å². The lowest BCUT2D eigenvalue weighted by molar-refractivity contribution is 0.102. The number of carbonyl (C=O) groups is 1. The third-order valence-corrected chi connectivity index (χ3v) is 4.89. The van der Waals surface area contributed by atoms with Crippen LogP contribution in [0.5, 0.6) is 0 Å². The van der Waals surface area contributed by atoms with Crippen molar-refractivity contribution in [3.8, 4) is 10.6 Å². The van der Waals surface area contributed by atoms with Crippen LogP contribution in [0.25, 0.3) is 21.6 Å². The summed E-state index contributed by atoms with van der Waals surface area (Å²) in [4.78, 5) is 21.3. The summed E-state index contributed by atoms with van der Waals surface area (Å²) in [6.45, 7) is 0. The van der Waals surface area contributed by atoms with Crippen LogP contribution in [0, 0.1) is 0 Å². The van der Waals surface area contributed by atoms with Crippen LogP contribution in [0.15, 0.2) is 54.2 Å². The second-order valence-corrected chi connectivity index (χ2v) is 6.83. The van der Waals surface area contributed by atoms with Gasteiger partial charge in [0.05, 0.1) is 0 Å². The van der Waals surface area contributed by atoms with Gasteiger partial charge in [0.25, 0.3) is 5.91 Å². The minimum Gasteiger partial charge on any atom is -0.335 e. The Bertz CT molecular complexity index is 1090. The molecule has 0 bridgehead atoms. The molecule has 4 rings (SSSR count). The fourth-order valence-corrected chi connectivity index (χ4v) is 3.66. The fourth-order valence-electron chi connectivity index (χ4n) is 2.65. The molecule has 0 radical (unpaired) electrons. The highest BCUT2D eigenvalue weighted by atomic mass is 35.5. The molecule has 3 aromatic heterocycles.